The van der Waals surface area contributed by atoms with Crippen molar-refractivity contribution in [1.29, 1.82) is 0 Å². The standard InChI is InChI=1S/C12H15F5N2O2Si/c1-4-21-22(2,3)12(19,11(18)20)5-6(13)8(15)10(17)9(16)7(5)14/h4,19H2,1-3H3,(H2,18,20). The molecule has 0 aliphatic carbocycles. The minimum absolute atomic E-state index is 0.0147. The monoisotopic (exact) mass is 342 g/mol. The number of hydrogen-bond acceptors (Lipinski definition) is 3. The van der Waals surface area contributed by atoms with Crippen LogP contribution in [0, 0.1) is 29.1 Å². The summed E-state index contributed by atoms with van der Waals surface area (Å²) < 4.78 is 73.1. The van der Waals surface area contributed by atoms with Crippen LogP contribution in [-0.4, -0.2) is 20.8 Å². The fourth-order valence-corrected chi connectivity index (χ4v) is 4.51. The lowest BCUT2D eigenvalue weighted by Crippen LogP contribution is -2.67. The molecule has 124 valence electrons. The summed E-state index contributed by atoms with van der Waals surface area (Å²) in [6, 6.07) is 0. The van der Waals surface area contributed by atoms with Crippen molar-refractivity contribution in [2.45, 2.75) is 25.2 Å². The fourth-order valence-electron chi connectivity index (χ4n) is 2.15. The van der Waals surface area contributed by atoms with E-state index in [1.165, 1.54) is 20.0 Å². The average molecular weight is 342 g/mol. The molecular formula is C12H15F5N2O2Si. The minimum atomic E-state index is -3.52. The largest absolute Gasteiger partial charge is 0.415 e. The van der Waals surface area contributed by atoms with Crippen LogP contribution in [0.15, 0.2) is 0 Å². The molecule has 22 heavy (non-hydrogen) atoms. The molecule has 1 rings (SSSR count). The third-order valence-corrected chi connectivity index (χ3v) is 6.85. The van der Waals surface area contributed by atoms with E-state index < -0.39 is 54.0 Å². The first-order valence-corrected chi connectivity index (χ1v) is 9.08. The van der Waals surface area contributed by atoms with E-state index in [0.29, 0.717) is 0 Å². The Morgan fingerprint density at radius 1 is 1.05 bits per heavy atom. The summed E-state index contributed by atoms with van der Waals surface area (Å²) in [7, 11) is -3.52. The normalized spacial score (nSPS) is 14.8. The third-order valence-electron chi connectivity index (χ3n) is 3.45. The predicted octanol–water partition coefficient (Wildman–Crippen LogP) is 1.80. The number of nitrogens with two attached hydrogens (primary N) is 2. The molecule has 0 saturated heterocycles. The highest BCUT2D eigenvalue weighted by atomic mass is 28.4. The molecule has 0 aliphatic rings. The van der Waals surface area contributed by atoms with Crippen molar-refractivity contribution in [3.05, 3.63) is 34.6 Å². The van der Waals surface area contributed by atoms with Crippen LogP contribution in [0.1, 0.15) is 12.5 Å². The van der Waals surface area contributed by atoms with Crippen molar-refractivity contribution in [3.63, 3.8) is 0 Å². The number of benzene rings is 1. The maximum Gasteiger partial charge on any atom is 0.241 e. The summed E-state index contributed by atoms with van der Waals surface area (Å²) in [4.78, 5) is 11.7. The van der Waals surface area contributed by atoms with Gasteiger partial charge in [0.2, 0.25) is 20.0 Å². The molecule has 1 atom stereocenters. The van der Waals surface area contributed by atoms with E-state index in [4.69, 9.17) is 15.9 Å². The third kappa shape index (κ3) is 2.50. The average Bonchev–Trinajstić information content (AvgIpc) is 2.42. The van der Waals surface area contributed by atoms with Crippen LogP contribution < -0.4 is 11.5 Å². The molecule has 1 aromatic rings. The highest BCUT2D eigenvalue weighted by Crippen LogP contribution is 2.36. The van der Waals surface area contributed by atoms with Crippen LogP contribution in [-0.2, 0) is 14.4 Å². The van der Waals surface area contributed by atoms with Crippen LogP contribution in [0.2, 0.25) is 13.1 Å². The van der Waals surface area contributed by atoms with Gasteiger partial charge in [-0.15, -0.1) is 0 Å². The lowest BCUT2D eigenvalue weighted by molar-refractivity contribution is -0.121. The molecule has 0 aliphatic heterocycles. The molecule has 0 spiro atoms. The van der Waals surface area contributed by atoms with Crippen molar-refractivity contribution in [3.8, 4) is 0 Å². The second-order valence-corrected chi connectivity index (χ2v) is 9.16. The molecule has 1 aromatic carbocycles. The van der Waals surface area contributed by atoms with Gasteiger partial charge in [0, 0.05) is 6.61 Å². The van der Waals surface area contributed by atoms with Gasteiger partial charge < -0.3 is 15.9 Å². The van der Waals surface area contributed by atoms with Crippen LogP contribution in [0.25, 0.3) is 0 Å². The summed E-state index contributed by atoms with van der Waals surface area (Å²) in [5.41, 5.74) is 9.39. The lowest BCUT2D eigenvalue weighted by atomic mass is 10.0. The van der Waals surface area contributed by atoms with E-state index in [-0.39, 0.29) is 6.61 Å². The van der Waals surface area contributed by atoms with Gasteiger partial charge in [-0.3, -0.25) is 4.79 Å². The summed E-state index contributed by atoms with van der Waals surface area (Å²) >= 11 is 0. The van der Waals surface area contributed by atoms with Gasteiger partial charge in [0.15, 0.2) is 23.3 Å². The Labute approximate surface area is 124 Å². The quantitative estimate of drug-likeness (QED) is 0.371. The molecule has 4 nitrogen and oxygen atoms in total. The molecular weight excluding hydrogens is 327 g/mol. The molecule has 0 aromatic heterocycles. The first kappa shape index (κ1) is 18.5. The van der Waals surface area contributed by atoms with Crippen molar-refractivity contribution < 1.29 is 31.2 Å². The number of primary amides is 1. The Morgan fingerprint density at radius 3 is 1.73 bits per heavy atom. The number of hydrogen-bond donors (Lipinski definition) is 2. The molecule has 0 bridgehead atoms. The number of carbonyl (C=O) groups excluding carboxylic acids is 1. The van der Waals surface area contributed by atoms with Gasteiger partial charge in [-0.25, -0.2) is 22.0 Å². The smallest absolute Gasteiger partial charge is 0.241 e. The first-order valence-electron chi connectivity index (χ1n) is 6.18. The zero-order valence-electron chi connectivity index (χ0n) is 12.1. The van der Waals surface area contributed by atoms with Crippen molar-refractivity contribution >= 4 is 14.2 Å². The van der Waals surface area contributed by atoms with E-state index >= 15 is 0 Å². The maximum atomic E-state index is 14.0. The van der Waals surface area contributed by atoms with Crippen LogP contribution in [0.4, 0.5) is 22.0 Å². The van der Waals surface area contributed by atoms with E-state index in [0.717, 1.165) is 0 Å². The summed E-state index contributed by atoms with van der Waals surface area (Å²) in [6.45, 7) is 4.12. The number of rotatable bonds is 5. The molecule has 0 saturated carbocycles. The molecule has 1 amide bonds. The highest BCUT2D eigenvalue weighted by molar-refractivity contribution is 6.77. The van der Waals surface area contributed by atoms with Crippen molar-refractivity contribution in [2.75, 3.05) is 6.61 Å². The Balaban J connectivity index is 3.85. The van der Waals surface area contributed by atoms with Gasteiger partial charge in [0.25, 0.3) is 0 Å². The lowest BCUT2D eigenvalue weighted by Gasteiger charge is -2.39. The van der Waals surface area contributed by atoms with Gasteiger partial charge in [-0.2, -0.15) is 0 Å². The topological polar surface area (TPSA) is 78.3 Å². The molecule has 10 heteroatoms. The van der Waals surface area contributed by atoms with Crippen LogP contribution >= 0.6 is 0 Å². The zero-order valence-corrected chi connectivity index (χ0v) is 13.1. The number of halogens is 5. The molecule has 0 fully saturated rings. The van der Waals surface area contributed by atoms with Crippen LogP contribution in [0.5, 0.6) is 0 Å². The van der Waals surface area contributed by atoms with Crippen molar-refractivity contribution in [1.82, 2.24) is 0 Å². The van der Waals surface area contributed by atoms with Gasteiger partial charge in [0.05, 0.1) is 5.56 Å². The predicted molar refractivity (Wildman–Crippen MR) is 70.4 cm³/mol. The Kier molecular flexibility index (Phi) is 5.00. The van der Waals surface area contributed by atoms with Crippen molar-refractivity contribution in [2.24, 2.45) is 11.5 Å². The zero-order chi connectivity index (χ0) is 17.5. The summed E-state index contributed by atoms with van der Waals surface area (Å²) in [6.07, 6.45) is 0. The summed E-state index contributed by atoms with van der Waals surface area (Å²) in [5.74, 6) is -12.6. The van der Waals surface area contributed by atoms with Gasteiger partial charge >= 0.3 is 0 Å². The minimum Gasteiger partial charge on any atom is -0.415 e. The Morgan fingerprint density at radius 2 is 1.41 bits per heavy atom. The number of amides is 1. The Bertz CT molecular complexity index is 597. The summed E-state index contributed by atoms with van der Waals surface area (Å²) in [5, 5.41) is -2.65. The van der Waals surface area contributed by atoms with Gasteiger partial charge in [-0.05, 0) is 20.0 Å². The molecule has 0 radical (unpaired) electrons. The first-order chi connectivity index (χ1) is 9.93. The van der Waals surface area contributed by atoms with Crippen LogP contribution in [0.3, 0.4) is 0 Å². The number of carbonyl (C=O) groups is 1. The van der Waals surface area contributed by atoms with E-state index in [9.17, 15) is 26.7 Å². The highest BCUT2D eigenvalue weighted by Gasteiger charge is 2.56. The SMILES string of the molecule is CCO[Si](C)(C)C(N)(C(N)=O)c1c(F)c(F)c(F)c(F)c1F. The molecule has 4 N–H and O–H groups in total. The van der Waals surface area contributed by atoms with Gasteiger partial charge in [-0.1, -0.05) is 0 Å². The molecule has 0 heterocycles. The second kappa shape index (κ2) is 5.93. The second-order valence-electron chi connectivity index (χ2n) is 5.06. The van der Waals surface area contributed by atoms with E-state index in [2.05, 4.69) is 0 Å². The Hall–Kier alpha value is -1.52. The van der Waals surface area contributed by atoms with E-state index in [1.807, 2.05) is 0 Å². The molecule has 1 unspecified atom stereocenters. The maximum absolute atomic E-state index is 14.0. The fraction of sp³-hybridized carbons (Fsp3) is 0.417. The van der Waals surface area contributed by atoms with E-state index in [1.54, 1.807) is 0 Å². The van der Waals surface area contributed by atoms with Gasteiger partial charge in [0.1, 0.15) is 5.16 Å².